The quantitative estimate of drug-likeness (QED) is 0.625. The summed E-state index contributed by atoms with van der Waals surface area (Å²) in [6.07, 6.45) is 2.42. The molecule has 2 rings (SSSR count). The second-order valence-corrected chi connectivity index (χ2v) is 4.98. The van der Waals surface area contributed by atoms with Crippen LogP contribution >= 0.6 is 0 Å². The topological polar surface area (TPSA) is 47.6 Å². The van der Waals surface area contributed by atoms with Gasteiger partial charge in [-0.2, -0.15) is 0 Å². The van der Waals surface area contributed by atoms with Gasteiger partial charge >= 0.3 is 5.97 Å². The first-order valence-corrected chi connectivity index (χ1v) is 7.45. The third kappa shape index (κ3) is 5.18. The highest BCUT2D eigenvalue weighted by Gasteiger charge is 2.09. The Balaban J connectivity index is 2.03. The van der Waals surface area contributed by atoms with E-state index in [-0.39, 0.29) is 5.97 Å². The minimum Gasteiger partial charge on any atom is -0.497 e. The van der Waals surface area contributed by atoms with Gasteiger partial charge in [-0.05, 0) is 42.3 Å². The van der Waals surface area contributed by atoms with Crippen LogP contribution in [0.1, 0.15) is 12.0 Å². The van der Waals surface area contributed by atoms with Gasteiger partial charge in [0.05, 0.1) is 14.2 Å². The SMILES string of the molecule is COC(=O)/C(=C/c1ccc(OC)cc1)CCNc1ccccc1. The molecule has 23 heavy (non-hydrogen) atoms. The maximum atomic E-state index is 11.9. The van der Waals surface area contributed by atoms with E-state index < -0.39 is 0 Å². The first-order valence-electron chi connectivity index (χ1n) is 7.45. The lowest BCUT2D eigenvalue weighted by Gasteiger charge is -2.09. The molecule has 0 saturated heterocycles. The molecular formula is C19H21NO3. The Kier molecular flexibility index (Phi) is 6.24. The number of carbonyl (C=O) groups is 1. The van der Waals surface area contributed by atoms with Crippen LogP contribution in [-0.2, 0) is 9.53 Å². The molecular weight excluding hydrogens is 290 g/mol. The number of hydrogen-bond acceptors (Lipinski definition) is 4. The molecule has 0 amide bonds. The zero-order chi connectivity index (χ0) is 16.5. The molecule has 0 aliphatic rings. The van der Waals surface area contributed by atoms with Crippen LogP contribution in [0.3, 0.4) is 0 Å². The Morgan fingerprint density at radius 1 is 1.04 bits per heavy atom. The number of rotatable bonds is 7. The van der Waals surface area contributed by atoms with E-state index in [9.17, 15) is 4.79 Å². The van der Waals surface area contributed by atoms with Crippen LogP contribution in [0.5, 0.6) is 5.75 Å². The lowest BCUT2D eigenvalue weighted by molar-refractivity contribution is -0.136. The number of esters is 1. The molecule has 0 aromatic heterocycles. The Bertz CT molecular complexity index is 648. The molecule has 1 N–H and O–H groups in total. The second kappa shape index (κ2) is 8.63. The van der Waals surface area contributed by atoms with E-state index in [1.807, 2.05) is 60.7 Å². The molecule has 0 fully saturated rings. The van der Waals surface area contributed by atoms with E-state index >= 15 is 0 Å². The van der Waals surface area contributed by atoms with Crippen molar-refractivity contribution >= 4 is 17.7 Å². The van der Waals surface area contributed by atoms with Gasteiger partial charge < -0.3 is 14.8 Å². The molecule has 0 atom stereocenters. The van der Waals surface area contributed by atoms with Crippen molar-refractivity contribution in [3.05, 3.63) is 65.7 Å². The number of benzene rings is 2. The summed E-state index contributed by atoms with van der Waals surface area (Å²) in [7, 11) is 3.02. The van der Waals surface area contributed by atoms with Gasteiger partial charge in [-0.15, -0.1) is 0 Å². The van der Waals surface area contributed by atoms with Crippen molar-refractivity contribution in [1.82, 2.24) is 0 Å². The van der Waals surface area contributed by atoms with Crippen LogP contribution in [0.15, 0.2) is 60.2 Å². The predicted molar refractivity (Wildman–Crippen MR) is 92.5 cm³/mol. The molecule has 0 radical (unpaired) electrons. The van der Waals surface area contributed by atoms with Gasteiger partial charge in [0.15, 0.2) is 0 Å². The third-order valence-corrected chi connectivity index (χ3v) is 3.40. The molecule has 0 saturated carbocycles. The van der Waals surface area contributed by atoms with E-state index in [0.717, 1.165) is 17.0 Å². The highest BCUT2D eigenvalue weighted by atomic mass is 16.5. The van der Waals surface area contributed by atoms with E-state index in [2.05, 4.69) is 5.32 Å². The lowest BCUT2D eigenvalue weighted by atomic mass is 10.1. The summed E-state index contributed by atoms with van der Waals surface area (Å²) >= 11 is 0. The maximum Gasteiger partial charge on any atom is 0.333 e. The second-order valence-electron chi connectivity index (χ2n) is 4.98. The molecule has 0 aliphatic carbocycles. The molecule has 2 aromatic rings. The fraction of sp³-hybridized carbons (Fsp3) is 0.211. The Morgan fingerprint density at radius 2 is 1.74 bits per heavy atom. The average Bonchev–Trinajstić information content (AvgIpc) is 2.61. The van der Waals surface area contributed by atoms with Gasteiger partial charge in [0.1, 0.15) is 5.75 Å². The van der Waals surface area contributed by atoms with Crippen molar-refractivity contribution in [2.24, 2.45) is 0 Å². The predicted octanol–water partition coefficient (Wildman–Crippen LogP) is 3.75. The van der Waals surface area contributed by atoms with Crippen LogP contribution in [0.2, 0.25) is 0 Å². The van der Waals surface area contributed by atoms with Gasteiger partial charge in [-0.1, -0.05) is 30.3 Å². The molecule has 0 bridgehead atoms. The zero-order valence-electron chi connectivity index (χ0n) is 13.4. The minimum atomic E-state index is -0.310. The van der Waals surface area contributed by atoms with Crippen molar-refractivity contribution in [1.29, 1.82) is 0 Å². The number of ether oxygens (including phenoxy) is 2. The Morgan fingerprint density at radius 3 is 2.35 bits per heavy atom. The zero-order valence-corrected chi connectivity index (χ0v) is 13.4. The summed E-state index contributed by atoms with van der Waals surface area (Å²) in [4.78, 5) is 11.9. The number of hydrogen-bond donors (Lipinski definition) is 1. The number of methoxy groups -OCH3 is 2. The highest BCUT2D eigenvalue weighted by molar-refractivity contribution is 5.93. The van der Waals surface area contributed by atoms with Crippen LogP contribution in [0.4, 0.5) is 5.69 Å². The Hall–Kier alpha value is -2.75. The lowest BCUT2D eigenvalue weighted by Crippen LogP contribution is -2.10. The summed E-state index contributed by atoms with van der Waals surface area (Å²) in [5.74, 6) is 0.475. The number of para-hydroxylation sites is 1. The standard InChI is InChI=1S/C19H21NO3/c1-22-18-10-8-15(9-11-18)14-16(19(21)23-2)12-13-20-17-6-4-3-5-7-17/h3-11,14,20H,12-13H2,1-2H3/b16-14+. The van der Waals surface area contributed by atoms with E-state index in [1.165, 1.54) is 7.11 Å². The van der Waals surface area contributed by atoms with E-state index in [0.29, 0.717) is 18.5 Å². The maximum absolute atomic E-state index is 11.9. The van der Waals surface area contributed by atoms with Crippen LogP contribution in [-0.4, -0.2) is 26.7 Å². The molecule has 0 aliphatic heterocycles. The summed E-state index contributed by atoms with van der Waals surface area (Å²) in [5, 5.41) is 3.29. The Labute approximate surface area is 136 Å². The fourth-order valence-electron chi connectivity index (χ4n) is 2.16. The van der Waals surface area contributed by atoms with Gasteiger partial charge in [0.25, 0.3) is 0 Å². The van der Waals surface area contributed by atoms with Crippen LogP contribution < -0.4 is 10.1 Å². The molecule has 4 heteroatoms. The van der Waals surface area contributed by atoms with Crippen molar-refractivity contribution in [2.75, 3.05) is 26.1 Å². The molecule has 2 aromatic carbocycles. The monoisotopic (exact) mass is 311 g/mol. The number of nitrogens with one attached hydrogen (secondary N) is 1. The van der Waals surface area contributed by atoms with Crippen LogP contribution in [0.25, 0.3) is 6.08 Å². The van der Waals surface area contributed by atoms with Crippen molar-refractivity contribution in [3.63, 3.8) is 0 Å². The van der Waals surface area contributed by atoms with E-state index in [4.69, 9.17) is 9.47 Å². The summed E-state index contributed by atoms with van der Waals surface area (Å²) in [6.45, 7) is 0.654. The smallest absolute Gasteiger partial charge is 0.333 e. The first-order chi connectivity index (χ1) is 11.2. The molecule has 0 unspecified atom stereocenters. The van der Waals surface area contributed by atoms with Crippen molar-refractivity contribution in [2.45, 2.75) is 6.42 Å². The number of anilines is 1. The summed E-state index contributed by atoms with van der Waals surface area (Å²) < 4.78 is 10.0. The third-order valence-electron chi connectivity index (χ3n) is 3.40. The first kappa shape index (κ1) is 16.6. The average molecular weight is 311 g/mol. The largest absolute Gasteiger partial charge is 0.497 e. The van der Waals surface area contributed by atoms with Gasteiger partial charge in [-0.3, -0.25) is 0 Å². The molecule has 4 nitrogen and oxygen atoms in total. The van der Waals surface area contributed by atoms with Gasteiger partial charge in [0.2, 0.25) is 0 Å². The van der Waals surface area contributed by atoms with Crippen LogP contribution in [0, 0.1) is 0 Å². The molecule has 0 spiro atoms. The van der Waals surface area contributed by atoms with Crippen molar-refractivity contribution in [3.8, 4) is 5.75 Å². The number of carbonyl (C=O) groups excluding carboxylic acids is 1. The van der Waals surface area contributed by atoms with E-state index in [1.54, 1.807) is 7.11 Å². The molecule has 0 heterocycles. The normalized spacial score (nSPS) is 11.0. The minimum absolute atomic E-state index is 0.310. The fourth-order valence-corrected chi connectivity index (χ4v) is 2.16. The summed E-state index contributed by atoms with van der Waals surface area (Å²) in [6, 6.07) is 17.4. The highest BCUT2D eigenvalue weighted by Crippen LogP contribution is 2.16. The van der Waals surface area contributed by atoms with Gasteiger partial charge in [0, 0.05) is 17.8 Å². The van der Waals surface area contributed by atoms with Crippen molar-refractivity contribution < 1.29 is 14.3 Å². The molecule has 120 valence electrons. The van der Waals surface area contributed by atoms with Gasteiger partial charge in [-0.25, -0.2) is 4.79 Å². The summed E-state index contributed by atoms with van der Waals surface area (Å²) in [5.41, 5.74) is 2.59.